The lowest BCUT2D eigenvalue weighted by Crippen LogP contribution is -2.12. The van der Waals surface area contributed by atoms with E-state index < -0.39 is 5.91 Å². The number of carbonyl (C=O) groups excluding carboxylic acids is 1. The molecule has 25 heavy (non-hydrogen) atoms. The van der Waals surface area contributed by atoms with Gasteiger partial charge >= 0.3 is 0 Å². The molecule has 0 spiro atoms. The summed E-state index contributed by atoms with van der Waals surface area (Å²) in [5.74, 6) is -0.640. The average Bonchev–Trinajstić information content (AvgIpc) is 2.58. The van der Waals surface area contributed by atoms with Crippen LogP contribution in [0.25, 0.3) is 6.08 Å². The molecule has 128 valence electrons. The van der Waals surface area contributed by atoms with Crippen molar-refractivity contribution >= 4 is 23.6 Å². The standard InChI is InChI=1S/C18H14ClFN2O3/c1-24-16-8-12(5-13(9-21)18(22)23)7-15(19)17(16)25-10-11-3-2-4-14(20)6-11/h2-8H,10H2,1H3,(H2,22,23)/b13-5+. The highest BCUT2D eigenvalue weighted by Crippen LogP contribution is 2.37. The first kappa shape index (κ1) is 18.3. The van der Waals surface area contributed by atoms with Gasteiger partial charge in [0.25, 0.3) is 5.91 Å². The predicted octanol–water partition coefficient (Wildman–Crippen LogP) is 3.46. The Kier molecular flexibility index (Phi) is 5.98. The normalized spacial score (nSPS) is 10.9. The highest BCUT2D eigenvalue weighted by atomic mass is 35.5. The zero-order valence-corrected chi connectivity index (χ0v) is 14.0. The van der Waals surface area contributed by atoms with E-state index in [0.29, 0.717) is 16.9 Å². The summed E-state index contributed by atoms with van der Waals surface area (Å²) in [6.45, 7) is 0.0910. The van der Waals surface area contributed by atoms with E-state index >= 15 is 0 Å². The Bertz CT molecular complexity index is 875. The van der Waals surface area contributed by atoms with E-state index in [1.54, 1.807) is 24.3 Å². The molecule has 0 aliphatic rings. The molecule has 2 aromatic rings. The minimum absolute atomic E-state index is 0.0910. The van der Waals surface area contributed by atoms with Crippen LogP contribution in [0.15, 0.2) is 42.0 Å². The fourth-order valence-electron chi connectivity index (χ4n) is 2.07. The van der Waals surface area contributed by atoms with Crippen molar-refractivity contribution in [1.29, 1.82) is 5.26 Å². The van der Waals surface area contributed by atoms with Gasteiger partial charge in [-0.2, -0.15) is 5.26 Å². The number of halogens is 2. The minimum Gasteiger partial charge on any atom is -0.493 e. The first-order valence-electron chi connectivity index (χ1n) is 7.11. The molecule has 2 aromatic carbocycles. The Morgan fingerprint density at radius 3 is 2.76 bits per heavy atom. The molecule has 1 amide bonds. The van der Waals surface area contributed by atoms with E-state index in [1.165, 1.54) is 31.4 Å². The monoisotopic (exact) mass is 360 g/mol. The van der Waals surface area contributed by atoms with Gasteiger partial charge in [-0.25, -0.2) is 4.39 Å². The van der Waals surface area contributed by atoms with Crippen molar-refractivity contribution in [2.24, 2.45) is 5.73 Å². The molecule has 7 heteroatoms. The van der Waals surface area contributed by atoms with Gasteiger partial charge in [0.2, 0.25) is 0 Å². The molecule has 0 atom stereocenters. The predicted molar refractivity (Wildman–Crippen MR) is 91.5 cm³/mol. The lowest BCUT2D eigenvalue weighted by Gasteiger charge is -2.13. The van der Waals surface area contributed by atoms with Crippen LogP contribution in [0.1, 0.15) is 11.1 Å². The van der Waals surface area contributed by atoms with Crippen molar-refractivity contribution in [3.63, 3.8) is 0 Å². The van der Waals surface area contributed by atoms with Gasteiger partial charge in [-0.3, -0.25) is 4.79 Å². The third-order valence-electron chi connectivity index (χ3n) is 3.22. The van der Waals surface area contributed by atoms with Gasteiger partial charge in [-0.15, -0.1) is 0 Å². The van der Waals surface area contributed by atoms with Crippen LogP contribution in [0.5, 0.6) is 11.5 Å². The molecule has 0 heterocycles. The summed E-state index contributed by atoms with van der Waals surface area (Å²) in [7, 11) is 1.42. The van der Waals surface area contributed by atoms with E-state index in [-0.39, 0.29) is 28.8 Å². The Labute approximate surface area is 149 Å². The van der Waals surface area contributed by atoms with Crippen LogP contribution in [0.2, 0.25) is 5.02 Å². The Morgan fingerprint density at radius 2 is 2.16 bits per heavy atom. The van der Waals surface area contributed by atoms with Gasteiger partial charge in [0.15, 0.2) is 11.5 Å². The van der Waals surface area contributed by atoms with Crippen molar-refractivity contribution in [3.05, 3.63) is 63.9 Å². The van der Waals surface area contributed by atoms with Crippen LogP contribution >= 0.6 is 11.6 Å². The average molecular weight is 361 g/mol. The van der Waals surface area contributed by atoms with E-state index in [2.05, 4.69) is 0 Å². The number of carbonyl (C=O) groups is 1. The zero-order valence-electron chi connectivity index (χ0n) is 13.3. The van der Waals surface area contributed by atoms with E-state index in [9.17, 15) is 9.18 Å². The molecule has 0 aromatic heterocycles. The largest absolute Gasteiger partial charge is 0.493 e. The van der Waals surface area contributed by atoms with E-state index in [0.717, 1.165) is 0 Å². The van der Waals surface area contributed by atoms with Gasteiger partial charge in [-0.05, 0) is 41.5 Å². The highest BCUT2D eigenvalue weighted by molar-refractivity contribution is 6.32. The molecular formula is C18H14ClFN2O3. The topological polar surface area (TPSA) is 85.3 Å². The van der Waals surface area contributed by atoms with Gasteiger partial charge in [0.05, 0.1) is 12.1 Å². The zero-order chi connectivity index (χ0) is 18.4. The summed E-state index contributed by atoms with van der Waals surface area (Å²) >= 11 is 6.21. The number of nitriles is 1. The van der Waals surface area contributed by atoms with Gasteiger partial charge in [0, 0.05) is 0 Å². The smallest absolute Gasteiger partial charge is 0.259 e. The molecule has 0 bridgehead atoms. The van der Waals surface area contributed by atoms with Crippen molar-refractivity contribution < 1.29 is 18.7 Å². The summed E-state index contributed by atoms with van der Waals surface area (Å²) in [6, 6.07) is 10.7. The lowest BCUT2D eigenvalue weighted by molar-refractivity contribution is -0.114. The molecule has 0 unspecified atom stereocenters. The molecule has 0 saturated carbocycles. The molecule has 0 saturated heterocycles. The molecule has 2 rings (SSSR count). The van der Waals surface area contributed by atoms with Gasteiger partial charge in [0.1, 0.15) is 24.1 Å². The summed E-state index contributed by atoms with van der Waals surface area (Å²) in [5, 5.41) is 9.11. The summed E-state index contributed by atoms with van der Waals surface area (Å²) in [5.41, 5.74) is 5.97. The van der Waals surface area contributed by atoms with Crippen molar-refractivity contribution in [2.45, 2.75) is 6.61 Å². The molecule has 0 aliphatic carbocycles. The third kappa shape index (κ3) is 4.72. The Morgan fingerprint density at radius 1 is 1.40 bits per heavy atom. The number of methoxy groups -OCH3 is 1. The molecule has 0 radical (unpaired) electrons. The van der Waals surface area contributed by atoms with Crippen molar-refractivity contribution in [2.75, 3.05) is 7.11 Å². The quantitative estimate of drug-likeness (QED) is 0.631. The summed E-state index contributed by atoms with van der Waals surface area (Å²) in [6.07, 6.45) is 1.30. The second-order valence-electron chi connectivity index (χ2n) is 4.99. The number of rotatable bonds is 6. The molecule has 0 fully saturated rings. The molecule has 0 aliphatic heterocycles. The van der Waals surface area contributed by atoms with E-state index in [1.807, 2.05) is 0 Å². The first-order chi connectivity index (χ1) is 11.9. The van der Waals surface area contributed by atoms with Crippen LogP contribution < -0.4 is 15.2 Å². The number of primary amides is 1. The maximum absolute atomic E-state index is 13.2. The number of nitrogens with zero attached hydrogens (tertiary/aromatic N) is 1. The highest BCUT2D eigenvalue weighted by Gasteiger charge is 2.13. The van der Waals surface area contributed by atoms with E-state index in [4.69, 9.17) is 32.1 Å². The van der Waals surface area contributed by atoms with Crippen molar-refractivity contribution in [1.82, 2.24) is 0 Å². The SMILES string of the molecule is COc1cc(/C=C(\C#N)C(N)=O)cc(Cl)c1OCc1cccc(F)c1. The van der Waals surface area contributed by atoms with Crippen LogP contribution in [-0.4, -0.2) is 13.0 Å². The maximum Gasteiger partial charge on any atom is 0.259 e. The summed E-state index contributed by atoms with van der Waals surface area (Å²) in [4.78, 5) is 11.1. The van der Waals surface area contributed by atoms with Crippen LogP contribution in [0, 0.1) is 17.1 Å². The molecule has 5 nitrogen and oxygen atoms in total. The number of amides is 1. The van der Waals surface area contributed by atoms with Crippen molar-refractivity contribution in [3.8, 4) is 17.6 Å². The minimum atomic E-state index is -0.843. The maximum atomic E-state index is 13.2. The lowest BCUT2D eigenvalue weighted by atomic mass is 10.1. The van der Waals surface area contributed by atoms with Crippen LogP contribution in [0.4, 0.5) is 4.39 Å². The molecular weight excluding hydrogens is 347 g/mol. The Hall–Kier alpha value is -3.04. The van der Waals surface area contributed by atoms with Gasteiger partial charge < -0.3 is 15.2 Å². The number of hydrogen-bond acceptors (Lipinski definition) is 4. The number of hydrogen-bond donors (Lipinski definition) is 1. The fraction of sp³-hybridized carbons (Fsp3) is 0.111. The number of benzene rings is 2. The second-order valence-corrected chi connectivity index (χ2v) is 5.39. The van der Waals surface area contributed by atoms with Crippen LogP contribution in [0.3, 0.4) is 0 Å². The fourth-order valence-corrected chi connectivity index (χ4v) is 2.34. The van der Waals surface area contributed by atoms with Crippen LogP contribution in [-0.2, 0) is 11.4 Å². The second kappa shape index (κ2) is 8.18. The first-order valence-corrected chi connectivity index (χ1v) is 7.48. The summed E-state index contributed by atoms with van der Waals surface area (Å²) < 4.78 is 24.1. The Balaban J connectivity index is 2.31. The number of ether oxygens (including phenoxy) is 2. The third-order valence-corrected chi connectivity index (χ3v) is 3.50. The van der Waals surface area contributed by atoms with Gasteiger partial charge in [-0.1, -0.05) is 23.7 Å². The number of nitrogens with two attached hydrogens (primary N) is 1. The molecule has 2 N–H and O–H groups in total.